The number of nitrogens with zero attached hydrogens (tertiary/aromatic N) is 1. The van der Waals surface area contributed by atoms with Gasteiger partial charge in [0.25, 0.3) is 0 Å². The van der Waals surface area contributed by atoms with Gasteiger partial charge in [-0.25, -0.2) is 0 Å². The summed E-state index contributed by atoms with van der Waals surface area (Å²) in [4.78, 5) is 0. The number of fused-ring (bicyclic) bond motifs is 5. The van der Waals surface area contributed by atoms with Crippen LogP contribution in [0.5, 0.6) is 11.5 Å². The quantitative estimate of drug-likeness (QED) is 0.707. The largest absolute Gasteiger partial charge is 0.493 e. The zero-order chi connectivity index (χ0) is 15.3. The van der Waals surface area contributed by atoms with E-state index < -0.39 is 0 Å². The van der Waals surface area contributed by atoms with Gasteiger partial charge in [0.15, 0.2) is 11.5 Å². The molecular formula is C19H19NO2. The molecule has 0 saturated heterocycles. The Kier molecular flexibility index (Phi) is 2.89. The molecule has 22 heavy (non-hydrogen) atoms. The highest BCUT2D eigenvalue weighted by Gasteiger charge is 2.23. The summed E-state index contributed by atoms with van der Waals surface area (Å²) in [5.41, 5.74) is 6.63. The van der Waals surface area contributed by atoms with Gasteiger partial charge in [0, 0.05) is 23.6 Å². The average molecular weight is 293 g/mol. The topological polar surface area (TPSA) is 23.4 Å². The maximum atomic E-state index is 5.48. The molecule has 3 heteroatoms. The minimum Gasteiger partial charge on any atom is -0.493 e. The molecule has 0 atom stereocenters. The molecule has 0 amide bonds. The third kappa shape index (κ3) is 1.68. The van der Waals surface area contributed by atoms with Crippen LogP contribution in [0.2, 0.25) is 0 Å². The highest BCUT2D eigenvalue weighted by molar-refractivity contribution is 5.94. The van der Waals surface area contributed by atoms with Crippen molar-refractivity contribution in [2.75, 3.05) is 14.2 Å². The Morgan fingerprint density at radius 3 is 2.50 bits per heavy atom. The number of aromatic nitrogens is 1. The van der Waals surface area contributed by atoms with E-state index in [0.717, 1.165) is 24.5 Å². The Balaban J connectivity index is 2.08. The Morgan fingerprint density at radius 2 is 1.73 bits per heavy atom. The summed E-state index contributed by atoms with van der Waals surface area (Å²) in [6, 6.07) is 12.9. The molecule has 0 aliphatic carbocycles. The molecule has 0 radical (unpaired) electrons. The fraction of sp³-hybridized carbons (Fsp3) is 0.263. The van der Waals surface area contributed by atoms with Gasteiger partial charge in [0.1, 0.15) is 0 Å². The van der Waals surface area contributed by atoms with Gasteiger partial charge in [-0.1, -0.05) is 24.3 Å². The van der Waals surface area contributed by atoms with Gasteiger partial charge in [-0.05, 0) is 30.5 Å². The van der Waals surface area contributed by atoms with E-state index in [4.69, 9.17) is 9.47 Å². The minimum absolute atomic E-state index is 0.786. The highest BCUT2D eigenvalue weighted by atomic mass is 16.5. The van der Waals surface area contributed by atoms with E-state index in [1.165, 1.54) is 33.3 Å². The van der Waals surface area contributed by atoms with Crippen molar-refractivity contribution in [3.05, 3.63) is 47.5 Å². The van der Waals surface area contributed by atoms with Crippen molar-refractivity contribution in [3.63, 3.8) is 0 Å². The standard InChI is InChI=1S/C19H19NO2/c1-12-15-10-17(21-2)18(22-3)11-16(15)20-9-8-13-6-4-5-7-14(13)19(12)20/h4-7,10-11H,8-9H2,1-3H3. The first-order valence-electron chi connectivity index (χ1n) is 7.57. The van der Waals surface area contributed by atoms with E-state index in [1.54, 1.807) is 14.2 Å². The van der Waals surface area contributed by atoms with Crippen LogP contribution in [0.3, 0.4) is 0 Å². The van der Waals surface area contributed by atoms with Crippen LogP contribution >= 0.6 is 0 Å². The van der Waals surface area contributed by atoms with E-state index >= 15 is 0 Å². The molecule has 0 fully saturated rings. The lowest BCUT2D eigenvalue weighted by molar-refractivity contribution is 0.355. The van der Waals surface area contributed by atoms with Gasteiger partial charge in [0.05, 0.1) is 25.4 Å². The Labute approximate surface area is 130 Å². The molecule has 4 rings (SSSR count). The number of methoxy groups -OCH3 is 2. The predicted octanol–water partition coefficient (Wildman–Crippen LogP) is 4.19. The van der Waals surface area contributed by atoms with Gasteiger partial charge in [-0.15, -0.1) is 0 Å². The fourth-order valence-electron chi connectivity index (χ4n) is 3.62. The summed E-state index contributed by atoms with van der Waals surface area (Å²) in [5.74, 6) is 1.57. The van der Waals surface area contributed by atoms with Crippen LogP contribution in [0.15, 0.2) is 36.4 Å². The first-order valence-corrected chi connectivity index (χ1v) is 7.57. The monoisotopic (exact) mass is 293 g/mol. The van der Waals surface area contributed by atoms with Gasteiger partial charge in [-0.3, -0.25) is 0 Å². The van der Waals surface area contributed by atoms with Crippen molar-refractivity contribution in [3.8, 4) is 22.8 Å². The number of rotatable bonds is 2. The number of hydrogen-bond donors (Lipinski definition) is 0. The normalized spacial score (nSPS) is 12.9. The second kappa shape index (κ2) is 4.80. The molecule has 1 aliphatic heterocycles. The molecule has 3 nitrogen and oxygen atoms in total. The summed E-state index contributed by atoms with van der Waals surface area (Å²) < 4.78 is 13.4. The maximum Gasteiger partial charge on any atom is 0.162 e. The van der Waals surface area contributed by atoms with Crippen LogP contribution in [-0.2, 0) is 13.0 Å². The lowest BCUT2D eigenvalue weighted by atomic mass is 9.96. The molecule has 1 aromatic heterocycles. The first-order chi connectivity index (χ1) is 10.7. The van der Waals surface area contributed by atoms with Gasteiger partial charge >= 0.3 is 0 Å². The second-order valence-corrected chi connectivity index (χ2v) is 5.76. The Morgan fingerprint density at radius 1 is 1.00 bits per heavy atom. The molecule has 0 bridgehead atoms. The summed E-state index contributed by atoms with van der Waals surface area (Å²) in [5, 5.41) is 1.24. The zero-order valence-corrected chi connectivity index (χ0v) is 13.1. The van der Waals surface area contributed by atoms with E-state index in [-0.39, 0.29) is 0 Å². The van der Waals surface area contributed by atoms with Crippen molar-refractivity contribution in [2.24, 2.45) is 0 Å². The average Bonchev–Trinajstić information content (AvgIpc) is 2.86. The number of benzene rings is 2. The molecule has 0 spiro atoms. The highest BCUT2D eigenvalue weighted by Crippen LogP contribution is 2.42. The van der Waals surface area contributed by atoms with Crippen LogP contribution in [-0.4, -0.2) is 18.8 Å². The molecule has 0 unspecified atom stereocenters. The van der Waals surface area contributed by atoms with Crippen molar-refractivity contribution in [2.45, 2.75) is 19.9 Å². The second-order valence-electron chi connectivity index (χ2n) is 5.76. The number of ether oxygens (including phenoxy) is 2. The maximum absolute atomic E-state index is 5.48. The van der Waals surface area contributed by atoms with Crippen LogP contribution in [0, 0.1) is 6.92 Å². The van der Waals surface area contributed by atoms with Crippen LogP contribution in [0.4, 0.5) is 0 Å². The van der Waals surface area contributed by atoms with E-state index in [9.17, 15) is 0 Å². The lowest BCUT2D eigenvalue weighted by Gasteiger charge is -2.20. The number of aryl methyl sites for hydroxylation is 3. The Hall–Kier alpha value is -2.42. The molecule has 2 heterocycles. The summed E-state index contributed by atoms with van der Waals surface area (Å²) in [6.45, 7) is 3.20. The molecule has 2 aromatic carbocycles. The molecule has 0 N–H and O–H groups in total. The van der Waals surface area contributed by atoms with E-state index in [2.05, 4.69) is 47.9 Å². The third-order valence-electron chi connectivity index (χ3n) is 4.70. The molecule has 1 aliphatic rings. The fourth-order valence-corrected chi connectivity index (χ4v) is 3.62. The summed E-state index contributed by atoms with van der Waals surface area (Å²) in [7, 11) is 3.37. The summed E-state index contributed by atoms with van der Waals surface area (Å²) >= 11 is 0. The van der Waals surface area contributed by atoms with Crippen molar-refractivity contribution < 1.29 is 9.47 Å². The van der Waals surface area contributed by atoms with Crippen LogP contribution in [0.25, 0.3) is 22.2 Å². The Bertz CT molecular complexity index is 877. The smallest absolute Gasteiger partial charge is 0.162 e. The SMILES string of the molecule is COc1cc2c(C)c3n(c2cc1OC)CCc1ccccc1-3. The zero-order valence-electron chi connectivity index (χ0n) is 13.1. The van der Waals surface area contributed by atoms with Crippen LogP contribution in [0.1, 0.15) is 11.1 Å². The van der Waals surface area contributed by atoms with Crippen molar-refractivity contribution in [1.29, 1.82) is 0 Å². The lowest BCUT2D eigenvalue weighted by Crippen LogP contribution is -2.10. The van der Waals surface area contributed by atoms with E-state index in [1.807, 2.05) is 0 Å². The predicted molar refractivity (Wildman–Crippen MR) is 88.9 cm³/mol. The van der Waals surface area contributed by atoms with Gasteiger partial charge < -0.3 is 14.0 Å². The van der Waals surface area contributed by atoms with Crippen molar-refractivity contribution >= 4 is 10.9 Å². The van der Waals surface area contributed by atoms with Crippen LogP contribution < -0.4 is 9.47 Å². The van der Waals surface area contributed by atoms with E-state index in [0.29, 0.717) is 0 Å². The molecule has 0 saturated carbocycles. The third-order valence-corrected chi connectivity index (χ3v) is 4.70. The first kappa shape index (κ1) is 13.3. The molecule has 112 valence electrons. The molecular weight excluding hydrogens is 274 g/mol. The number of hydrogen-bond acceptors (Lipinski definition) is 2. The van der Waals surface area contributed by atoms with Gasteiger partial charge in [-0.2, -0.15) is 0 Å². The molecule has 3 aromatic rings. The van der Waals surface area contributed by atoms with Gasteiger partial charge in [0.2, 0.25) is 0 Å². The summed E-state index contributed by atoms with van der Waals surface area (Å²) in [6.07, 6.45) is 1.07. The van der Waals surface area contributed by atoms with Crippen molar-refractivity contribution in [1.82, 2.24) is 4.57 Å². The minimum atomic E-state index is 0.786.